The molecule has 94 valence electrons. The quantitative estimate of drug-likeness (QED) is 0.820. The third-order valence-electron chi connectivity index (χ3n) is 3.22. The van der Waals surface area contributed by atoms with Crippen LogP contribution in [0.15, 0.2) is 24.3 Å². The van der Waals surface area contributed by atoms with Crippen LogP contribution in [-0.2, 0) is 11.3 Å². The fourth-order valence-corrected chi connectivity index (χ4v) is 2.07. The number of nitrogens with two attached hydrogens (primary N) is 1. The smallest absolute Gasteiger partial charge is 0.115 e. The molecule has 2 rings (SSSR count). The first-order valence-electron chi connectivity index (χ1n) is 6.02. The summed E-state index contributed by atoms with van der Waals surface area (Å²) in [6, 6.07) is 7.76. The van der Waals surface area contributed by atoms with Gasteiger partial charge in [-0.2, -0.15) is 0 Å². The molecule has 4 heteroatoms. The van der Waals surface area contributed by atoms with E-state index in [-0.39, 0.29) is 6.10 Å². The molecule has 1 heterocycles. The van der Waals surface area contributed by atoms with Crippen LogP contribution in [0.1, 0.15) is 12.5 Å². The van der Waals surface area contributed by atoms with Crippen molar-refractivity contribution in [2.75, 3.05) is 19.7 Å². The summed E-state index contributed by atoms with van der Waals surface area (Å²) >= 11 is 0. The number of hydrogen-bond acceptors (Lipinski definition) is 4. The lowest BCUT2D eigenvalue weighted by Crippen LogP contribution is -2.49. The Hall–Kier alpha value is -1.10. The third kappa shape index (κ3) is 3.19. The van der Waals surface area contributed by atoms with Crippen molar-refractivity contribution >= 4 is 0 Å². The number of phenols is 1. The Morgan fingerprint density at radius 3 is 2.76 bits per heavy atom. The maximum atomic E-state index is 9.24. The molecule has 17 heavy (non-hydrogen) atoms. The maximum absolute atomic E-state index is 9.24. The van der Waals surface area contributed by atoms with Crippen LogP contribution in [0.25, 0.3) is 0 Å². The number of nitrogens with zero attached hydrogens (tertiary/aromatic N) is 1. The van der Waals surface area contributed by atoms with Crippen molar-refractivity contribution in [3.8, 4) is 5.75 Å². The first kappa shape index (κ1) is 12.4. The number of benzene rings is 1. The standard InChI is InChI=1S/C13H20N2O2/c1-10-9-17-13(6-14)8-15(10)7-11-2-4-12(16)5-3-11/h2-5,10,13,16H,6-9,14H2,1H3. The molecule has 1 aliphatic rings. The van der Waals surface area contributed by atoms with Gasteiger partial charge in [0, 0.05) is 25.7 Å². The molecule has 1 aromatic carbocycles. The van der Waals surface area contributed by atoms with Gasteiger partial charge in [-0.15, -0.1) is 0 Å². The zero-order valence-corrected chi connectivity index (χ0v) is 10.2. The van der Waals surface area contributed by atoms with Crippen molar-refractivity contribution in [1.29, 1.82) is 0 Å². The number of rotatable bonds is 3. The monoisotopic (exact) mass is 236 g/mol. The number of ether oxygens (including phenoxy) is 1. The summed E-state index contributed by atoms with van der Waals surface area (Å²) in [5.74, 6) is 0.309. The molecule has 0 amide bonds. The Morgan fingerprint density at radius 2 is 2.12 bits per heavy atom. The Balaban J connectivity index is 1.98. The molecular weight excluding hydrogens is 216 g/mol. The molecule has 1 aliphatic heterocycles. The predicted octanol–water partition coefficient (Wildman–Crippen LogP) is 0.940. The minimum Gasteiger partial charge on any atom is -0.508 e. The summed E-state index contributed by atoms with van der Waals surface area (Å²) in [6.07, 6.45) is 0.142. The second-order valence-electron chi connectivity index (χ2n) is 4.64. The molecule has 0 spiro atoms. The normalized spacial score (nSPS) is 26.0. The SMILES string of the molecule is CC1COC(CN)CN1Cc1ccc(O)cc1. The molecule has 0 saturated carbocycles. The summed E-state index contributed by atoms with van der Waals surface area (Å²) in [5.41, 5.74) is 6.84. The minimum atomic E-state index is 0.142. The van der Waals surface area contributed by atoms with Gasteiger partial charge in [-0.25, -0.2) is 0 Å². The van der Waals surface area contributed by atoms with Gasteiger partial charge in [0.05, 0.1) is 12.7 Å². The van der Waals surface area contributed by atoms with Crippen molar-refractivity contribution in [2.45, 2.75) is 25.6 Å². The van der Waals surface area contributed by atoms with Gasteiger partial charge < -0.3 is 15.6 Å². The lowest BCUT2D eigenvalue weighted by Gasteiger charge is -2.37. The second-order valence-corrected chi connectivity index (χ2v) is 4.64. The van der Waals surface area contributed by atoms with E-state index in [1.807, 2.05) is 12.1 Å². The summed E-state index contributed by atoms with van der Waals surface area (Å²) in [7, 11) is 0. The molecule has 0 aliphatic carbocycles. The van der Waals surface area contributed by atoms with E-state index in [0.717, 1.165) is 19.7 Å². The van der Waals surface area contributed by atoms with E-state index in [1.54, 1.807) is 12.1 Å². The summed E-state index contributed by atoms with van der Waals surface area (Å²) in [4.78, 5) is 2.37. The second kappa shape index (κ2) is 5.49. The van der Waals surface area contributed by atoms with Gasteiger partial charge in [-0.05, 0) is 24.6 Å². The zero-order valence-electron chi connectivity index (χ0n) is 10.2. The van der Waals surface area contributed by atoms with Gasteiger partial charge in [0.2, 0.25) is 0 Å². The molecule has 2 atom stereocenters. The van der Waals surface area contributed by atoms with Crippen LogP contribution in [-0.4, -0.2) is 41.8 Å². The van der Waals surface area contributed by atoms with Crippen LogP contribution in [0, 0.1) is 0 Å². The highest BCUT2D eigenvalue weighted by atomic mass is 16.5. The number of aromatic hydroxyl groups is 1. The molecule has 1 saturated heterocycles. The van der Waals surface area contributed by atoms with E-state index in [2.05, 4.69) is 11.8 Å². The van der Waals surface area contributed by atoms with Crippen molar-refractivity contribution < 1.29 is 9.84 Å². The first-order chi connectivity index (χ1) is 8.19. The first-order valence-corrected chi connectivity index (χ1v) is 6.02. The molecule has 1 aromatic rings. The Morgan fingerprint density at radius 1 is 1.41 bits per heavy atom. The van der Waals surface area contributed by atoms with Gasteiger partial charge in [0.25, 0.3) is 0 Å². The van der Waals surface area contributed by atoms with Gasteiger partial charge in [0.1, 0.15) is 5.75 Å². The predicted molar refractivity (Wildman–Crippen MR) is 66.8 cm³/mol. The summed E-state index contributed by atoms with van der Waals surface area (Å²) in [5, 5.41) is 9.24. The Labute approximate surface area is 102 Å². The van der Waals surface area contributed by atoms with Crippen molar-refractivity contribution in [1.82, 2.24) is 4.90 Å². The van der Waals surface area contributed by atoms with Gasteiger partial charge in [-0.1, -0.05) is 12.1 Å². The van der Waals surface area contributed by atoms with E-state index in [1.165, 1.54) is 5.56 Å². The molecule has 1 fully saturated rings. The number of hydrogen-bond donors (Lipinski definition) is 2. The molecule has 0 bridgehead atoms. The van der Waals surface area contributed by atoms with Crippen molar-refractivity contribution in [2.24, 2.45) is 5.73 Å². The molecule has 3 N–H and O–H groups in total. The number of phenolic OH excluding ortho intramolecular Hbond substituents is 1. The Bertz CT molecular complexity index is 353. The third-order valence-corrected chi connectivity index (χ3v) is 3.22. The van der Waals surface area contributed by atoms with Crippen LogP contribution in [0.5, 0.6) is 5.75 Å². The average molecular weight is 236 g/mol. The topological polar surface area (TPSA) is 58.7 Å². The van der Waals surface area contributed by atoms with E-state index in [4.69, 9.17) is 10.5 Å². The largest absolute Gasteiger partial charge is 0.508 e. The van der Waals surface area contributed by atoms with E-state index in [0.29, 0.717) is 18.3 Å². The fraction of sp³-hybridized carbons (Fsp3) is 0.538. The van der Waals surface area contributed by atoms with Crippen molar-refractivity contribution in [3.63, 3.8) is 0 Å². The fourth-order valence-electron chi connectivity index (χ4n) is 2.07. The highest BCUT2D eigenvalue weighted by Crippen LogP contribution is 2.17. The average Bonchev–Trinajstić information content (AvgIpc) is 2.35. The molecular formula is C13H20N2O2. The summed E-state index contributed by atoms with van der Waals surface area (Å²) < 4.78 is 5.62. The maximum Gasteiger partial charge on any atom is 0.115 e. The highest BCUT2D eigenvalue weighted by Gasteiger charge is 2.24. The lowest BCUT2D eigenvalue weighted by molar-refractivity contribution is -0.0567. The molecule has 2 unspecified atom stereocenters. The van der Waals surface area contributed by atoms with Gasteiger partial charge >= 0.3 is 0 Å². The number of morpholine rings is 1. The minimum absolute atomic E-state index is 0.142. The van der Waals surface area contributed by atoms with Crippen LogP contribution in [0.2, 0.25) is 0 Å². The summed E-state index contributed by atoms with van der Waals surface area (Å²) in [6.45, 7) is 5.21. The highest BCUT2D eigenvalue weighted by molar-refractivity contribution is 5.25. The van der Waals surface area contributed by atoms with Crippen LogP contribution >= 0.6 is 0 Å². The van der Waals surface area contributed by atoms with E-state index < -0.39 is 0 Å². The van der Waals surface area contributed by atoms with Crippen molar-refractivity contribution in [3.05, 3.63) is 29.8 Å². The molecule has 0 radical (unpaired) electrons. The van der Waals surface area contributed by atoms with E-state index >= 15 is 0 Å². The van der Waals surface area contributed by atoms with E-state index in [9.17, 15) is 5.11 Å². The Kier molecular flexibility index (Phi) is 3.99. The zero-order chi connectivity index (χ0) is 12.3. The van der Waals surface area contributed by atoms with Gasteiger partial charge in [0.15, 0.2) is 0 Å². The van der Waals surface area contributed by atoms with Gasteiger partial charge in [-0.3, -0.25) is 4.90 Å². The molecule has 0 aromatic heterocycles. The van der Waals surface area contributed by atoms with Crippen LogP contribution < -0.4 is 5.73 Å². The van der Waals surface area contributed by atoms with Crippen LogP contribution in [0.4, 0.5) is 0 Å². The lowest BCUT2D eigenvalue weighted by atomic mass is 10.1. The van der Waals surface area contributed by atoms with Crippen LogP contribution in [0.3, 0.4) is 0 Å². The molecule has 4 nitrogen and oxygen atoms in total.